The third kappa shape index (κ3) is 2.48. The van der Waals surface area contributed by atoms with Crippen molar-refractivity contribution in [3.63, 3.8) is 0 Å². The molecule has 1 saturated heterocycles. The molecule has 122 valence electrons. The number of nitrogens with zero attached hydrogens (tertiary/aromatic N) is 1. The number of carbonyl (C=O) groups excluding carboxylic acids is 2. The van der Waals surface area contributed by atoms with Crippen LogP contribution in [-0.4, -0.2) is 28.7 Å². The molecule has 1 N–H and O–H groups in total. The largest absolute Gasteiger partial charge is 0.507 e. The van der Waals surface area contributed by atoms with Crippen molar-refractivity contribution in [2.45, 2.75) is 13.0 Å². The Labute approximate surface area is 138 Å². The van der Waals surface area contributed by atoms with E-state index in [4.69, 9.17) is 0 Å². The van der Waals surface area contributed by atoms with E-state index in [1.165, 1.54) is 25.2 Å². The molecule has 0 bridgehead atoms. The lowest BCUT2D eigenvalue weighted by Gasteiger charge is -2.21. The first-order valence-corrected chi connectivity index (χ1v) is 7.48. The number of aryl methyl sites for hydroxylation is 1. The van der Waals surface area contributed by atoms with Gasteiger partial charge in [0.1, 0.15) is 11.6 Å². The summed E-state index contributed by atoms with van der Waals surface area (Å²) in [4.78, 5) is 25.6. The van der Waals surface area contributed by atoms with Crippen LogP contribution in [0, 0.1) is 12.7 Å². The van der Waals surface area contributed by atoms with Crippen LogP contribution in [-0.2, 0) is 9.59 Å². The van der Waals surface area contributed by atoms with Crippen molar-refractivity contribution < 1.29 is 19.1 Å². The molecule has 2 aromatic carbocycles. The Morgan fingerprint density at radius 2 is 1.71 bits per heavy atom. The molecule has 1 aliphatic heterocycles. The zero-order chi connectivity index (χ0) is 17.4. The summed E-state index contributed by atoms with van der Waals surface area (Å²) in [5.74, 6) is -2.42. The summed E-state index contributed by atoms with van der Waals surface area (Å²) >= 11 is 0. The lowest BCUT2D eigenvalue weighted by Crippen LogP contribution is -2.25. The fraction of sp³-hybridized carbons (Fsp3) is 0.158. The molecule has 1 fully saturated rings. The van der Waals surface area contributed by atoms with Crippen molar-refractivity contribution in [2.75, 3.05) is 7.05 Å². The second-order valence-electron chi connectivity index (χ2n) is 5.80. The van der Waals surface area contributed by atoms with E-state index in [1.807, 2.05) is 6.92 Å². The van der Waals surface area contributed by atoms with Crippen LogP contribution in [0.25, 0.3) is 5.76 Å². The molecule has 1 amide bonds. The number of halogens is 1. The third-order valence-electron chi connectivity index (χ3n) is 4.20. The average Bonchev–Trinajstić information content (AvgIpc) is 2.79. The van der Waals surface area contributed by atoms with Gasteiger partial charge >= 0.3 is 0 Å². The van der Waals surface area contributed by atoms with Gasteiger partial charge in [-0.25, -0.2) is 4.39 Å². The number of amides is 1. The van der Waals surface area contributed by atoms with Gasteiger partial charge in [0.25, 0.3) is 11.7 Å². The van der Waals surface area contributed by atoms with Gasteiger partial charge in [-0.05, 0) is 13.0 Å². The van der Waals surface area contributed by atoms with Crippen molar-refractivity contribution >= 4 is 17.4 Å². The molecular formula is C19H16FNO3. The molecule has 0 saturated carbocycles. The first-order valence-electron chi connectivity index (χ1n) is 7.48. The Balaban J connectivity index is 2.20. The Kier molecular flexibility index (Phi) is 3.93. The van der Waals surface area contributed by atoms with Gasteiger partial charge in [-0.1, -0.05) is 48.0 Å². The molecule has 1 atom stereocenters. The first-order chi connectivity index (χ1) is 11.4. The number of rotatable bonds is 2. The summed E-state index contributed by atoms with van der Waals surface area (Å²) in [6.45, 7) is 1.90. The Hall–Kier alpha value is -2.95. The highest BCUT2D eigenvalue weighted by molar-refractivity contribution is 6.46. The smallest absolute Gasteiger partial charge is 0.295 e. The van der Waals surface area contributed by atoms with Gasteiger partial charge < -0.3 is 10.0 Å². The number of aliphatic hydroxyl groups excluding tert-OH is 1. The maximum atomic E-state index is 14.2. The number of hydrogen-bond acceptors (Lipinski definition) is 3. The fourth-order valence-electron chi connectivity index (χ4n) is 2.88. The fourth-order valence-corrected chi connectivity index (χ4v) is 2.88. The minimum absolute atomic E-state index is 0.101. The maximum absolute atomic E-state index is 14.2. The molecule has 5 heteroatoms. The van der Waals surface area contributed by atoms with E-state index in [2.05, 4.69) is 0 Å². The van der Waals surface area contributed by atoms with E-state index in [9.17, 15) is 19.1 Å². The third-order valence-corrected chi connectivity index (χ3v) is 4.20. The molecule has 0 aliphatic carbocycles. The zero-order valence-corrected chi connectivity index (χ0v) is 13.3. The van der Waals surface area contributed by atoms with Crippen LogP contribution in [0.3, 0.4) is 0 Å². The van der Waals surface area contributed by atoms with Crippen LogP contribution in [0.2, 0.25) is 0 Å². The molecule has 3 rings (SSSR count). The monoisotopic (exact) mass is 325 g/mol. The minimum atomic E-state index is -0.951. The Morgan fingerprint density at radius 3 is 2.33 bits per heavy atom. The molecule has 0 unspecified atom stereocenters. The molecule has 1 aliphatic rings. The van der Waals surface area contributed by atoms with Crippen molar-refractivity contribution in [1.82, 2.24) is 4.90 Å². The highest BCUT2D eigenvalue weighted by Crippen LogP contribution is 2.39. The van der Waals surface area contributed by atoms with E-state index in [-0.39, 0.29) is 16.9 Å². The van der Waals surface area contributed by atoms with Crippen molar-refractivity contribution in [3.8, 4) is 0 Å². The van der Waals surface area contributed by atoms with Crippen LogP contribution in [0.5, 0.6) is 0 Å². The normalized spacial score (nSPS) is 19.8. The lowest BCUT2D eigenvalue weighted by molar-refractivity contribution is -0.139. The van der Waals surface area contributed by atoms with Gasteiger partial charge in [0.05, 0.1) is 11.6 Å². The van der Waals surface area contributed by atoms with E-state index < -0.39 is 23.5 Å². The van der Waals surface area contributed by atoms with Gasteiger partial charge in [-0.15, -0.1) is 0 Å². The molecule has 0 spiro atoms. The summed E-state index contributed by atoms with van der Waals surface area (Å²) in [5, 5.41) is 10.6. The highest BCUT2D eigenvalue weighted by Gasteiger charge is 2.45. The van der Waals surface area contributed by atoms with E-state index >= 15 is 0 Å². The number of Topliss-reactive ketones (excluding diaryl/α,β-unsaturated/α-hetero) is 1. The summed E-state index contributed by atoms with van der Waals surface area (Å²) < 4.78 is 14.2. The predicted molar refractivity (Wildman–Crippen MR) is 87.6 cm³/mol. The molecule has 2 aromatic rings. The number of carbonyl (C=O) groups is 2. The number of hydrogen-bond donors (Lipinski definition) is 1. The Bertz CT molecular complexity index is 855. The maximum Gasteiger partial charge on any atom is 0.295 e. The van der Waals surface area contributed by atoms with Gasteiger partial charge in [-0.3, -0.25) is 9.59 Å². The number of aliphatic hydroxyl groups is 1. The van der Waals surface area contributed by atoms with Crippen LogP contribution < -0.4 is 0 Å². The second kappa shape index (κ2) is 5.92. The SMILES string of the molecule is Cc1ccc(/C(O)=C2\C(=O)C(=O)N(C)[C@@H]2c2ccccc2F)cc1. The summed E-state index contributed by atoms with van der Waals surface area (Å²) in [6, 6.07) is 11.9. The molecule has 1 heterocycles. The van der Waals surface area contributed by atoms with Crippen LogP contribution in [0.15, 0.2) is 54.1 Å². The quantitative estimate of drug-likeness (QED) is 0.524. The summed E-state index contributed by atoms with van der Waals surface area (Å²) in [5.41, 5.74) is 1.48. The van der Waals surface area contributed by atoms with Crippen LogP contribution in [0.4, 0.5) is 4.39 Å². The van der Waals surface area contributed by atoms with E-state index in [1.54, 1.807) is 30.3 Å². The van der Waals surface area contributed by atoms with Gasteiger partial charge in [0.15, 0.2) is 0 Å². The van der Waals surface area contributed by atoms with E-state index in [0.717, 1.165) is 10.5 Å². The standard InChI is InChI=1S/C19H16FNO3/c1-11-7-9-12(10-8-11)17(22)15-16(21(2)19(24)18(15)23)13-5-3-4-6-14(13)20/h3-10,16,22H,1-2H3/b17-15+/t16-/m1/s1. The predicted octanol–water partition coefficient (Wildman–Crippen LogP) is 3.19. The van der Waals surface area contributed by atoms with Gasteiger partial charge in [0, 0.05) is 18.2 Å². The second-order valence-corrected chi connectivity index (χ2v) is 5.80. The average molecular weight is 325 g/mol. The van der Waals surface area contributed by atoms with Crippen LogP contribution >= 0.6 is 0 Å². The lowest BCUT2D eigenvalue weighted by atomic mass is 9.95. The number of benzene rings is 2. The number of likely N-dealkylation sites (N-methyl/N-ethyl adjacent to an activating group) is 1. The molecule has 0 aromatic heterocycles. The molecule has 0 radical (unpaired) electrons. The highest BCUT2D eigenvalue weighted by atomic mass is 19.1. The summed E-state index contributed by atoms with van der Waals surface area (Å²) in [6.07, 6.45) is 0. The Morgan fingerprint density at radius 1 is 1.08 bits per heavy atom. The molecular weight excluding hydrogens is 309 g/mol. The topological polar surface area (TPSA) is 57.6 Å². The minimum Gasteiger partial charge on any atom is -0.507 e. The van der Waals surface area contributed by atoms with E-state index in [0.29, 0.717) is 5.56 Å². The van der Waals surface area contributed by atoms with Crippen molar-refractivity contribution in [3.05, 3.63) is 76.6 Å². The molecule has 4 nitrogen and oxygen atoms in total. The zero-order valence-electron chi connectivity index (χ0n) is 13.3. The van der Waals surface area contributed by atoms with Crippen molar-refractivity contribution in [1.29, 1.82) is 0 Å². The van der Waals surface area contributed by atoms with Crippen molar-refractivity contribution in [2.24, 2.45) is 0 Å². The first kappa shape index (κ1) is 15.9. The molecule has 24 heavy (non-hydrogen) atoms. The van der Waals surface area contributed by atoms with Crippen LogP contribution in [0.1, 0.15) is 22.7 Å². The number of likely N-dealkylation sites (tertiary alicyclic amines) is 1. The number of ketones is 1. The summed E-state index contributed by atoms with van der Waals surface area (Å²) in [7, 11) is 1.42. The van der Waals surface area contributed by atoms with Gasteiger partial charge in [0.2, 0.25) is 0 Å². The van der Waals surface area contributed by atoms with Gasteiger partial charge in [-0.2, -0.15) is 0 Å².